The fraction of sp³-hybridized carbons (Fsp3) is 0.154. The highest BCUT2D eigenvalue weighted by atomic mass is 79.9. The molecule has 3 aromatic carbocycles. The summed E-state index contributed by atoms with van der Waals surface area (Å²) < 4.78 is 17.7. The molecule has 0 aromatic heterocycles. The number of carbonyl (C=O) groups is 2. The second kappa shape index (κ2) is 11.7. The van der Waals surface area contributed by atoms with Gasteiger partial charge in [0, 0.05) is 9.50 Å². The number of methoxy groups -OCH3 is 1. The van der Waals surface area contributed by atoms with E-state index >= 15 is 0 Å². The van der Waals surface area contributed by atoms with E-state index in [1.54, 1.807) is 37.5 Å². The van der Waals surface area contributed by atoms with Crippen LogP contribution in [0.4, 0.5) is 4.79 Å². The lowest BCUT2D eigenvalue weighted by Gasteiger charge is -2.14. The van der Waals surface area contributed by atoms with E-state index in [0.29, 0.717) is 43.8 Å². The molecule has 1 heterocycles. The van der Waals surface area contributed by atoms with Crippen molar-refractivity contribution in [3.8, 4) is 17.2 Å². The van der Waals surface area contributed by atoms with Crippen LogP contribution < -0.4 is 14.2 Å². The van der Waals surface area contributed by atoms with Crippen molar-refractivity contribution in [3.63, 3.8) is 0 Å². The lowest BCUT2D eigenvalue weighted by molar-refractivity contribution is -0.123. The number of nitrogens with zero attached hydrogens (tertiary/aromatic N) is 1. The molecule has 180 valence electrons. The first-order valence-corrected chi connectivity index (χ1v) is 12.6. The van der Waals surface area contributed by atoms with Crippen LogP contribution in [0.1, 0.15) is 11.1 Å². The number of benzene rings is 3. The van der Waals surface area contributed by atoms with Gasteiger partial charge in [-0.3, -0.25) is 14.5 Å². The lowest BCUT2D eigenvalue weighted by atomic mass is 10.1. The molecule has 9 heteroatoms. The molecule has 4 rings (SSSR count). The smallest absolute Gasteiger partial charge is 0.293 e. The summed E-state index contributed by atoms with van der Waals surface area (Å²) in [4.78, 5) is 26.8. The Hall–Kier alpha value is -2.94. The Bertz CT molecular complexity index is 1250. The van der Waals surface area contributed by atoms with E-state index in [-0.39, 0.29) is 24.3 Å². The maximum atomic E-state index is 12.9. The maximum absolute atomic E-state index is 12.9. The molecule has 0 bridgehead atoms. The molecule has 1 fully saturated rings. The third-order valence-corrected chi connectivity index (χ3v) is 6.92. The molecule has 6 nitrogen and oxygen atoms in total. The summed E-state index contributed by atoms with van der Waals surface area (Å²) in [5.74, 6) is 1.37. The number of rotatable bonds is 9. The predicted molar refractivity (Wildman–Crippen MR) is 141 cm³/mol. The third kappa shape index (κ3) is 6.39. The van der Waals surface area contributed by atoms with Crippen LogP contribution >= 0.6 is 39.3 Å². The number of halogens is 2. The number of ether oxygens (including phenoxy) is 3. The lowest BCUT2D eigenvalue weighted by Crippen LogP contribution is -2.32. The Morgan fingerprint density at radius 2 is 1.74 bits per heavy atom. The van der Waals surface area contributed by atoms with Gasteiger partial charge in [0.25, 0.3) is 11.1 Å². The summed E-state index contributed by atoms with van der Waals surface area (Å²) in [7, 11) is 1.54. The molecule has 0 spiro atoms. The van der Waals surface area contributed by atoms with E-state index in [4.69, 9.17) is 25.8 Å². The van der Waals surface area contributed by atoms with E-state index in [2.05, 4.69) is 15.9 Å². The molecule has 3 aromatic rings. The summed E-state index contributed by atoms with van der Waals surface area (Å²) in [6.45, 7) is 0.717. The van der Waals surface area contributed by atoms with E-state index in [1.165, 1.54) is 4.90 Å². The number of amides is 2. The fourth-order valence-corrected chi connectivity index (χ4v) is 4.70. The molecule has 1 aliphatic rings. The van der Waals surface area contributed by atoms with E-state index in [9.17, 15) is 9.59 Å². The van der Waals surface area contributed by atoms with E-state index in [1.807, 2.05) is 42.5 Å². The SMILES string of the molecule is COc1cc(/C=C2\SC(=O)N(CCOc3ccccc3)C2=O)c(Br)cc1OCc1ccc(Cl)cc1. The Balaban J connectivity index is 1.44. The Morgan fingerprint density at radius 3 is 2.46 bits per heavy atom. The van der Waals surface area contributed by atoms with Crippen molar-refractivity contribution >= 4 is 56.5 Å². The van der Waals surface area contributed by atoms with Crippen molar-refractivity contribution in [1.29, 1.82) is 0 Å². The summed E-state index contributed by atoms with van der Waals surface area (Å²) in [6.07, 6.45) is 1.67. The van der Waals surface area contributed by atoms with Gasteiger partial charge >= 0.3 is 0 Å². The average molecular weight is 575 g/mol. The van der Waals surface area contributed by atoms with Crippen molar-refractivity contribution in [1.82, 2.24) is 4.90 Å². The van der Waals surface area contributed by atoms with Crippen LogP contribution in [0.2, 0.25) is 5.02 Å². The third-order valence-electron chi connectivity index (χ3n) is 5.08. The van der Waals surface area contributed by atoms with Gasteiger partial charge in [-0.15, -0.1) is 0 Å². The van der Waals surface area contributed by atoms with Gasteiger partial charge in [-0.1, -0.05) is 57.9 Å². The van der Waals surface area contributed by atoms with Gasteiger partial charge in [-0.2, -0.15) is 0 Å². The maximum Gasteiger partial charge on any atom is 0.293 e. The molecule has 0 radical (unpaired) electrons. The molecule has 0 atom stereocenters. The Morgan fingerprint density at radius 1 is 1.00 bits per heavy atom. The molecule has 0 aliphatic carbocycles. The number of hydrogen-bond donors (Lipinski definition) is 0. The minimum Gasteiger partial charge on any atom is -0.493 e. The van der Waals surface area contributed by atoms with Gasteiger partial charge in [0.1, 0.15) is 19.0 Å². The van der Waals surface area contributed by atoms with Gasteiger partial charge in [0.15, 0.2) is 11.5 Å². The van der Waals surface area contributed by atoms with Crippen molar-refractivity contribution in [2.24, 2.45) is 0 Å². The molecule has 35 heavy (non-hydrogen) atoms. The van der Waals surface area contributed by atoms with Crippen molar-refractivity contribution in [2.75, 3.05) is 20.3 Å². The van der Waals surface area contributed by atoms with Crippen molar-refractivity contribution in [3.05, 3.63) is 92.3 Å². The van der Waals surface area contributed by atoms with Gasteiger partial charge < -0.3 is 14.2 Å². The zero-order chi connectivity index (χ0) is 24.8. The van der Waals surface area contributed by atoms with Crippen LogP contribution in [0.25, 0.3) is 6.08 Å². The van der Waals surface area contributed by atoms with Crippen molar-refractivity contribution in [2.45, 2.75) is 6.61 Å². The number of hydrogen-bond acceptors (Lipinski definition) is 6. The second-order valence-corrected chi connectivity index (χ2v) is 9.72. The standard InChI is InChI=1S/C26H21BrClNO5S/c1-32-22-13-18(21(27)15-23(22)34-16-17-7-9-19(28)10-8-17)14-24-25(30)29(26(31)35-24)11-12-33-20-5-3-2-4-6-20/h2-10,13-15H,11-12,16H2,1H3/b24-14-. The molecule has 0 saturated carbocycles. The summed E-state index contributed by atoms with van der Waals surface area (Å²) in [5.41, 5.74) is 1.65. The number of imide groups is 1. The first-order valence-electron chi connectivity index (χ1n) is 10.6. The summed E-state index contributed by atoms with van der Waals surface area (Å²) in [6, 6.07) is 20.2. The van der Waals surface area contributed by atoms with Crippen LogP contribution in [-0.2, 0) is 11.4 Å². The molecule has 1 saturated heterocycles. The van der Waals surface area contributed by atoms with E-state index < -0.39 is 0 Å². The molecular formula is C26H21BrClNO5S. The topological polar surface area (TPSA) is 65.1 Å². The Labute approximate surface area is 220 Å². The van der Waals surface area contributed by atoms with Crippen molar-refractivity contribution < 1.29 is 23.8 Å². The zero-order valence-corrected chi connectivity index (χ0v) is 21.9. The van der Waals surface area contributed by atoms with Crippen LogP contribution in [0, 0.1) is 0 Å². The minimum atomic E-state index is -0.356. The number of carbonyl (C=O) groups excluding carboxylic acids is 2. The van der Waals surface area contributed by atoms with E-state index in [0.717, 1.165) is 17.3 Å². The molecule has 1 aliphatic heterocycles. The Kier molecular flexibility index (Phi) is 8.38. The molecule has 2 amide bonds. The van der Waals surface area contributed by atoms with Crippen LogP contribution in [0.5, 0.6) is 17.2 Å². The van der Waals surface area contributed by atoms with Crippen LogP contribution in [-0.4, -0.2) is 36.3 Å². The quantitative estimate of drug-likeness (QED) is 0.262. The zero-order valence-electron chi connectivity index (χ0n) is 18.7. The molecule has 0 unspecified atom stereocenters. The average Bonchev–Trinajstić information content (AvgIpc) is 3.13. The predicted octanol–water partition coefficient (Wildman–Crippen LogP) is 6.81. The summed E-state index contributed by atoms with van der Waals surface area (Å²) >= 11 is 10.4. The first kappa shape index (κ1) is 25.2. The molecular weight excluding hydrogens is 554 g/mol. The van der Waals surface area contributed by atoms with Gasteiger partial charge in [0.2, 0.25) is 0 Å². The largest absolute Gasteiger partial charge is 0.493 e. The normalized spacial score (nSPS) is 14.5. The van der Waals surface area contributed by atoms with Gasteiger partial charge in [0.05, 0.1) is 18.6 Å². The summed E-state index contributed by atoms with van der Waals surface area (Å²) in [5, 5.41) is 0.329. The van der Waals surface area contributed by atoms with Gasteiger partial charge in [-0.25, -0.2) is 0 Å². The number of thioether (sulfide) groups is 1. The number of para-hydroxylation sites is 1. The van der Waals surface area contributed by atoms with Crippen LogP contribution in [0.15, 0.2) is 76.1 Å². The highest BCUT2D eigenvalue weighted by molar-refractivity contribution is 9.10. The highest BCUT2D eigenvalue weighted by Crippen LogP contribution is 2.38. The second-order valence-electron chi connectivity index (χ2n) is 7.43. The van der Waals surface area contributed by atoms with Crippen LogP contribution in [0.3, 0.4) is 0 Å². The minimum absolute atomic E-state index is 0.166. The van der Waals surface area contributed by atoms with Gasteiger partial charge in [-0.05, 0) is 65.4 Å². The monoisotopic (exact) mass is 573 g/mol. The fourth-order valence-electron chi connectivity index (χ4n) is 3.28. The highest BCUT2D eigenvalue weighted by Gasteiger charge is 2.35. The first-order chi connectivity index (χ1) is 16.9. The molecule has 0 N–H and O–H groups in total.